The van der Waals surface area contributed by atoms with Crippen molar-refractivity contribution < 1.29 is 17.6 Å². The van der Waals surface area contributed by atoms with Gasteiger partial charge >= 0.3 is 0 Å². The summed E-state index contributed by atoms with van der Waals surface area (Å²) in [6.45, 7) is 1.88. The summed E-state index contributed by atoms with van der Waals surface area (Å²) in [5.41, 5.74) is 0.957. The summed E-state index contributed by atoms with van der Waals surface area (Å²) in [4.78, 5) is 16.0. The number of furan rings is 1. The highest BCUT2D eigenvalue weighted by atomic mass is 32.2. The number of sulfonamides is 1. The molecule has 1 fully saturated rings. The number of amides is 1. The Morgan fingerprint density at radius 3 is 2.64 bits per heavy atom. The van der Waals surface area contributed by atoms with E-state index < -0.39 is 10.0 Å². The van der Waals surface area contributed by atoms with Gasteiger partial charge in [0, 0.05) is 36.0 Å². The molecular formula is C17H22N2O4S2. The summed E-state index contributed by atoms with van der Waals surface area (Å²) in [5.74, 6) is -0.0485. The molecule has 0 atom stereocenters. The van der Waals surface area contributed by atoms with Crippen LogP contribution < -0.4 is 0 Å². The molecule has 1 saturated heterocycles. The molecule has 3 heterocycles. The quantitative estimate of drug-likeness (QED) is 0.770. The van der Waals surface area contributed by atoms with Gasteiger partial charge in [-0.3, -0.25) is 4.79 Å². The smallest absolute Gasteiger partial charge is 0.226 e. The molecule has 1 amide bonds. The Balaban J connectivity index is 1.68. The van der Waals surface area contributed by atoms with Gasteiger partial charge in [-0.15, -0.1) is 11.3 Å². The summed E-state index contributed by atoms with van der Waals surface area (Å²) in [6, 6.07) is 5.86. The van der Waals surface area contributed by atoms with Gasteiger partial charge in [0.05, 0.1) is 25.3 Å². The fourth-order valence-corrected chi connectivity index (χ4v) is 4.69. The Kier molecular flexibility index (Phi) is 5.61. The Morgan fingerprint density at radius 1 is 1.32 bits per heavy atom. The van der Waals surface area contributed by atoms with Gasteiger partial charge < -0.3 is 9.32 Å². The Labute approximate surface area is 152 Å². The summed E-state index contributed by atoms with van der Waals surface area (Å²) in [5, 5.41) is 2.00. The molecule has 3 rings (SSSR count). The zero-order chi connectivity index (χ0) is 17.9. The van der Waals surface area contributed by atoms with Crippen molar-refractivity contribution in [1.82, 2.24) is 9.21 Å². The maximum absolute atomic E-state index is 13.0. The number of nitrogens with zero attached hydrogens (tertiary/aromatic N) is 2. The molecule has 0 bridgehead atoms. The van der Waals surface area contributed by atoms with E-state index in [0.717, 1.165) is 10.4 Å². The van der Waals surface area contributed by atoms with Crippen LogP contribution in [0.1, 0.15) is 23.3 Å². The highest BCUT2D eigenvalue weighted by Crippen LogP contribution is 2.24. The molecule has 0 saturated carbocycles. The topological polar surface area (TPSA) is 70.8 Å². The number of piperidine rings is 1. The van der Waals surface area contributed by atoms with E-state index in [-0.39, 0.29) is 11.8 Å². The SMILES string of the molecule is CS(=O)(=O)N1CCC(C(=O)N(Cc2ccoc2)Cc2cccs2)CC1. The normalized spacial score (nSPS) is 16.8. The largest absolute Gasteiger partial charge is 0.472 e. The molecule has 0 radical (unpaired) electrons. The van der Waals surface area contributed by atoms with Crippen molar-refractivity contribution >= 4 is 27.3 Å². The van der Waals surface area contributed by atoms with Crippen LogP contribution in [-0.2, 0) is 27.9 Å². The maximum atomic E-state index is 13.0. The average molecular weight is 383 g/mol. The molecule has 1 aliphatic rings. The monoisotopic (exact) mass is 382 g/mol. The van der Waals surface area contributed by atoms with E-state index in [2.05, 4.69) is 0 Å². The molecule has 0 spiro atoms. The van der Waals surface area contributed by atoms with Gasteiger partial charge in [0.2, 0.25) is 15.9 Å². The van der Waals surface area contributed by atoms with Crippen molar-refractivity contribution in [2.24, 2.45) is 5.92 Å². The first kappa shape index (κ1) is 18.2. The molecule has 0 unspecified atom stereocenters. The minimum Gasteiger partial charge on any atom is -0.472 e. The van der Waals surface area contributed by atoms with Crippen LogP contribution in [-0.4, -0.2) is 42.9 Å². The van der Waals surface area contributed by atoms with E-state index in [1.54, 1.807) is 23.9 Å². The van der Waals surface area contributed by atoms with Crippen LogP contribution in [0, 0.1) is 5.92 Å². The van der Waals surface area contributed by atoms with Crippen molar-refractivity contribution in [2.45, 2.75) is 25.9 Å². The molecule has 0 aliphatic carbocycles. The second kappa shape index (κ2) is 7.72. The van der Waals surface area contributed by atoms with E-state index in [1.807, 2.05) is 28.5 Å². The van der Waals surface area contributed by atoms with Crippen molar-refractivity contribution in [3.8, 4) is 0 Å². The van der Waals surface area contributed by atoms with Crippen LogP contribution >= 0.6 is 11.3 Å². The van der Waals surface area contributed by atoms with Crippen LogP contribution in [0.2, 0.25) is 0 Å². The zero-order valence-electron chi connectivity index (χ0n) is 14.1. The van der Waals surface area contributed by atoms with Gasteiger partial charge in [0.1, 0.15) is 0 Å². The third kappa shape index (κ3) is 4.71. The lowest BCUT2D eigenvalue weighted by atomic mass is 9.96. The van der Waals surface area contributed by atoms with E-state index in [9.17, 15) is 13.2 Å². The van der Waals surface area contributed by atoms with Crippen LogP contribution in [0.25, 0.3) is 0 Å². The van der Waals surface area contributed by atoms with Gasteiger partial charge in [0.15, 0.2) is 0 Å². The first-order chi connectivity index (χ1) is 11.9. The maximum Gasteiger partial charge on any atom is 0.226 e. The molecule has 2 aromatic rings. The number of carbonyl (C=O) groups is 1. The van der Waals surface area contributed by atoms with Crippen molar-refractivity contribution in [3.63, 3.8) is 0 Å². The Bertz CT molecular complexity index is 740. The summed E-state index contributed by atoms with van der Waals surface area (Å²) in [7, 11) is -3.18. The molecule has 25 heavy (non-hydrogen) atoms. The van der Waals surface area contributed by atoms with E-state index in [0.29, 0.717) is 39.0 Å². The van der Waals surface area contributed by atoms with Crippen molar-refractivity contribution in [1.29, 1.82) is 0 Å². The minimum absolute atomic E-state index is 0.0859. The molecular weight excluding hydrogens is 360 g/mol. The fraction of sp³-hybridized carbons (Fsp3) is 0.471. The van der Waals surface area contributed by atoms with Crippen LogP contribution in [0.4, 0.5) is 0 Å². The number of rotatable bonds is 6. The van der Waals surface area contributed by atoms with Gasteiger partial charge in [-0.2, -0.15) is 0 Å². The average Bonchev–Trinajstić information content (AvgIpc) is 3.27. The molecule has 1 aliphatic heterocycles. The molecule has 2 aromatic heterocycles. The first-order valence-corrected chi connectivity index (χ1v) is 10.9. The minimum atomic E-state index is -3.18. The van der Waals surface area contributed by atoms with Gasteiger partial charge in [-0.25, -0.2) is 12.7 Å². The highest BCUT2D eigenvalue weighted by molar-refractivity contribution is 7.88. The molecule has 6 nitrogen and oxygen atoms in total. The highest BCUT2D eigenvalue weighted by Gasteiger charge is 2.31. The predicted octanol–water partition coefficient (Wildman–Crippen LogP) is 2.54. The van der Waals surface area contributed by atoms with Gasteiger partial charge in [0.25, 0.3) is 0 Å². The summed E-state index contributed by atoms with van der Waals surface area (Å²) < 4.78 is 29.9. The number of hydrogen-bond donors (Lipinski definition) is 0. The summed E-state index contributed by atoms with van der Waals surface area (Å²) >= 11 is 1.63. The van der Waals surface area contributed by atoms with Gasteiger partial charge in [-0.05, 0) is 30.4 Å². The lowest BCUT2D eigenvalue weighted by molar-refractivity contribution is -0.138. The standard InChI is InChI=1S/C17H22N2O4S2/c1-25(21,22)19-7-4-15(5-8-19)17(20)18(11-14-6-9-23-13-14)12-16-3-2-10-24-16/h2-3,6,9-10,13,15H,4-5,7-8,11-12H2,1H3. The lowest BCUT2D eigenvalue weighted by Gasteiger charge is -2.33. The number of thiophene rings is 1. The first-order valence-electron chi connectivity index (χ1n) is 8.21. The van der Waals surface area contributed by atoms with Crippen molar-refractivity contribution in [2.75, 3.05) is 19.3 Å². The second-order valence-electron chi connectivity index (χ2n) is 6.34. The fourth-order valence-electron chi connectivity index (χ4n) is 3.10. The van der Waals surface area contributed by atoms with Crippen LogP contribution in [0.5, 0.6) is 0 Å². The predicted molar refractivity (Wildman–Crippen MR) is 96.4 cm³/mol. The molecule has 136 valence electrons. The Morgan fingerprint density at radius 2 is 2.08 bits per heavy atom. The van der Waals surface area contributed by atoms with Crippen molar-refractivity contribution in [3.05, 3.63) is 46.5 Å². The third-order valence-electron chi connectivity index (χ3n) is 4.46. The van der Waals surface area contributed by atoms with E-state index >= 15 is 0 Å². The second-order valence-corrected chi connectivity index (χ2v) is 9.36. The van der Waals surface area contributed by atoms with E-state index in [1.165, 1.54) is 10.6 Å². The molecule has 0 aromatic carbocycles. The third-order valence-corrected chi connectivity index (χ3v) is 6.63. The van der Waals surface area contributed by atoms with Gasteiger partial charge in [-0.1, -0.05) is 6.07 Å². The zero-order valence-corrected chi connectivity index (χ0v) is 15.8. The number of carbonyl (C=O) groups excluding carboxylic acids is 1. The number of hydrogen-bond acceptors (Lipinski definition) is 5. The Hall–Kier alpha value is -1.64. The summed E-state index contributed by atoms with van der Waals surface area (Å²) in [6.07, 6.45) is 5.61. The lowest BCUT2D eigenvalue weighted by Crippen LogP contribution is -2.43. The van der Waals surface area contributed by atoms with E-state index in [4.69, 9.17) is 4.42 Å². The van der Waals surface area contributed by atoms with Crippen LogP contribution in [0.15, 0.2) is 40.5 Å². The molecule has 0 N–H and O–H groups in total. The van der Waals surface area contributed by atoms with Crippen LogP contribution in [0.3, 0.4) is 0 Å². The molecule has 8 heteroatoms.